The van der Waals surface area contributed by atoms with Crippen LogP contribution in [0.15, 0.2) is 60.7 Å². The number of benzene rings is 3. The van der Waals surface area contributed by atoms with Crippen molar-refractivity contribution in [3.8, 4) is 17.2 Å². The molecule has 4 rings (SSSR count). The zero-order valence-electron chi connectivity index (χ0n) is 19.7. The number of methoxy groups -OCH3 is 3. The Kier molecular flexibility index (Phi) is 6.72. The zero-order chi connectivity index (χ0) is 24.2. The van der Waals surface area contributed by atoms with Crippen LogP contribution in [0.25, 0.3) is 0 Å². The average molecular weight is 462 g/mol. The number of ether oxygens (including phenoxy) is 4. The molecule has 0 aromatic heterocycles. The van der Waals surface area contributed by atoms with Crippen molar-refractivity contribution in [2.24, 2.45) is 0 Å². The number of hydrogen-bond donors (Lipinski definition) is 0. The topological polar surface area (TPSA) is 74.3 Å². The van der Waals surface area contributed by atoms with Crippen LogP contribution in [-0.4, -0.2) is 39.8 Å². The molecular weight excluding hydrogens is 434 g/mol. The van der Waals surface area contributed by atoms with E-state index in [1.165, 1.54) is 7.11 Å². The molecule has 1 heterocycles. The third-order valence-electron chi connectivity index (χ3n) is 5.88. The van der Waals surface area contributed by atoms with Crippen LogP contribution in [-0.2, 0) is 16.0 Å². The molecule has 1 amide bonds. The molecule has 0 radical (unpaired) electrons. The lowest BCUT2D eigenvalue weighted by Gasteiger charge is -2.38. The Hall–Kier alpha value is -4.00. The number of rotatable bonds is 7. The fourth-order valence-electron chi connectivity index (χ4n) is 4.29. The van der Waals surface area contributed by atoms with Gasteiger partial charge in [0.05, 0.1) is 46.0 Å². The largest absolute Gasteiger partial charge is 0.494 e. The first-order valence-corrected chi connectivity index (χ1v) is 11.0. The standard InChI is InChI=1S/C27H27NO6/c1-5-34-21-12-8-17(9-13-21)26-22-16-24(32-3)23(31-2)14-19(22)15-25(29)28(26)20-10-6-18(7-11-20)27(30)33-4/h6-14,16,26H,5,15H2,1-4H3/t26-/m1/s1. The Morgan fingerprint density at radius 1 is 0.941 bits per heavy atom. The van der Waals surface area contributed by atoms with Crippen LogP contribution in [0.4, 0.5) is 5.69 Å². The molecule has 0 spiro atoms. The number of carbonyl (C=O) groups is 2. The molecule has 0 unspecified atom stereocenters. The summed E-state index contributed by atoms with van der Waals surface area (Å²) in [5, 5.41) is 0. The van der Waals surface area contributed by atoms with Crippen molar-refractivity contribution in [1.82, 2.24) is 0 Å². The Balaban J connectivity index is 1.86. The highest BCUT2D eigenvalue weighted by Gasteiger charge is 2.36. The number of esters is 1. The van der Waals surface area contributed by atoms with Crippen LogP contribution in [0.2, 0.25) is 0 Å². The lowest BCUT2D eigenvalue weighted by atomic mass is 9.86. The summed E-state index contributed by atoms with van der Waals surface area (Å²) in [5.41, 5.74) is 3.83. The van der Waals surface area contributed by atoms with Gasteiger partial charge in [-0.2, -0.15) is 0 Å². The summed E-state index contributed by atoms with van der Waals surface area (Å²) in [7, 11) is 4.51. The molecular formula is C27H27NO6. The van der Waals surface area contributed by atoms with Gasteiger partial charge in [0.15, 0.2) is 11.5 Å². The van der Waals surface area contributed by atoms with Crippen LogP contribution in [0.3, 0.4) is 0 Å². The number of anilines is 1. The predicted molar refractivity (Wildman–Crippen MR) is 128 cm³/mol. The third-order valence-corrected chi connectivity index (χ3v) is 5.88. The van der Waals surface area contributed by atoms with E-state index in [4.69, 9.17) is 18.9 Å². The Morgan fingerprint density at radius 2 is 1.59 bits per heavy atom. The highest BCUT2D eigenvalue weighted by atomic mass is 16.5. The first-order valence-electron chi connectivity index (χ1n) is 11.0. The molecule has 7 heteroatoms. The second-order valence-corrected chi connectivity index (χ2v) is 7.79. The zero-order valence-corrected chi connectivity index (χ0v) is 19.7. The minimum Gasteiger partial charge on any atom is -0.494 e. The van der Waals surface area contributed by atoms with E-state index < -0.39 is 12.0 Å². The highest BCUT2D eigenvalue weighted by molar-refractivity contribution is 5.99. The summed E-state index contributed by atoms with van der Waals surface area (Å²) < 4.78 is 21.4. The van der Waals surface area contributed by atoms with E-state index >= 15 is 0 Å². The van der Waals surface area contributed by atoms with Crippen LogP contribution >= 0.6 is 0 Å². The fourth-order valence-corrected chi connectivity index (χ4v) is 4.29. The normalized spacial score (nSPS) is 14.9. The van der Waals surface area contributed by atoms with Crippen molar-refractivity contribution >= 4 is 17.6 Å². The number of amides is 1. The fraction of sp³-hybridized carbons (Fsp3) is 0.259. The number of carbonyl (C=O) groups excluding carboxylic acids is 2. The van der Waals surface area contributed by atoms with E-state index in [9.17, 15) is 9.59 Å². The SMILES string of the molecule is CCOc1ccc([C@@H]2c3cc(OC)c(OC)cc3CC(=O)N2c2ccc(C(=O)OC)cc2)cc1. The van der Waals surface area contributed by atoms with Crippen molar-refractivity contribution in [2.75, 3.05) is 32.8 Å². The lowest BCUT2D eigenvalue weighted by molar-refractivity contribution is -0.118. The Bertz CT molecular complexity index is 1190. The van der Waals surface area contributed by atoms with E-state index in [0.717, 1.165) is 22.4 Å². The third kappa shape index (κ3) is 4.29. The van der Waals surface area contributed by atoms with Gasteiger partial charge in [0.1, 0.15) is 5.75 Å². The number of hydrogen-bond acceptors (Lipinski definition) is 6. The van der Waals surface area contributed by atoms with E-state index in [1.807, 2.05) is 43.3 Å². The van der Waals surface area contributed by atoms with Gasteiger partial charge in [-0.1, -0.05) is 12.1 Å². The summed E-state index contributed by atoms with van der Waals surface area (Å²) in [5.74, 6) is 1.43. The maximum Gasteiger partial charge on any atom is 0.337 e. The quantitative estimate of drug-likeness (QED) is 0.480. The maximum absolute atomic E-state index is 13.5. The molecule has 0 saturated carbocycles. The van der Waals surface area contributed by atoms with Crippen LogP contribution in [0.1, 0.15) is 40.0 Å². The highest BCUT2D eigenvalue weighted by Crippen LogP contribution is 2.43. The molecule has 0 fully saturated rings. The van der Waals surface area contributed by atoms with Gasteiger partial charge < -0.3 is 23.8 Å². The Labute approximate surface area is 198 Å². The second-order valence-electron chi connectivity index (χ2n) is 7.79. The van der Waals surface area contributed by atoms with Crippen molar-refractivity contribution in [1.29, 1.82) is 0 Å². The van der Waals surface area contributed by atoms with Gasteiger partial charge in [0.2, 0.25) is 5.91 Å². The Morgan fingerprint density at radius 3 is 2.18 bits per heavy atom. The summed E-state index contributed by atoms with van der Waals surface area (Å²) >= 11 is 0. The second kappa shape index (κ2) is 9.87. The van der Waals surface area contributed by atoms with E-state index in [0.29, 0.717) is 29.4 Å². The molecule has 34 heavy (non-hydrogen) atoms. The van der Waals surface area contributed by atoms with Gasteiger partial charge >= 0.3 is 5.97 Å². The van der Waals surface area contributed by atoms with Crippen LogP contribution in [0.5, 0.6) is 17.2 Å². The van der Waals surface area contributed by atoms with Gasteiger partial charge in [-0.05, 0) is 72.1 Å². The molecule has 1 aliphatic heterocycles. The summed E-state index contributed by atoms with van der Waals surface area (Å²) in [6, 6.07) is 18.0. The minimum atomic E-state index is -0.429. The molecule has 0 saturated heterocycles. The van der Waals surface area contributed by atoms with Gasteiger partial charge in [-0.3, -0.25) is 4.79 Å². The van der Waals surface area contributed by atoms with Crippen LogP contribution in [0, 0.1) is 0 Å². The van der Waals surface area contributed by atoms with E-state index in [1.54, 1.807) is 43.4 Å². The van der Waals surface area contributed by atoms with Gasteiger partial charge in [0.25, 0.3) is 0 Å². The van der Waals surface area contributed by atoms with Crippen molar-refractivity contribution in [3.63, 3.8) is 0 Å². The maximum atomic E-state index is 13.5. The van der Waals surface area contributed by atoms with Crippen LogP contribution < -0.4 is 19.1 Å². The molecule has 7 nitrogen and oxygen atoms in total. The number of nitrogens with zero attached hydrogens (tertiary/aromatic N) is 1. The summed E-state index contributed by atoms with van der Waals surface area (Å²) in [6.07, 6.45) is 0.210. The van der Waals surface area contributed by atoms with Crippen molar-refractivity contribution < 1.29 is 28.5 Å². The van der Waals surface area contributed by atoms with E-state index in [2.05, 4.69) is 0 Å². The lowest BCUT2D eigenvalue weighted by Crippen LogP contribution is -2.41. The molecule has 0 bridgehead atoms. The summed E-state index contributed by atoms with van der Waals surface area (Å²) in [4.78, 5) is 27.1. The van der Waals surface area contributed by atoms with Gasteiger partial charge in [-0.25, -0.2) is 4.79 Å². The number of fused-ring (bicyclic) bond motifs is 1. The van der Waals surface area contributed by atoms with Crippen molar-refractivity contribution in [2.45, 2.75) is 19.4 Å². The molecule has 1 aliphatic rings. The first kappa shape index (κ1) is 23.2. The monoisotopic (exact) mass is 461 g/mol. The smallest absolute Gasteiger partial charge is 0.337 e. The first-order chi connectivity index (χ1) is 16.5. The molecule has 3 aromatic rings. The molecule has 0 aliphatic carbocycles. The van der Waals surface area contributed by atoms with Crippen molar-refractivity contribution in [3.05, 3.63) is 82.9 Å². The minimum absolute atomic E-state index is 0.0653. The average Bonchev–Trinajstić information content (AvgIpc) is 2.87. The predicted octanol–water partition coefficient (Wildman–Crippen LogP) is 4.57. The molecule has 0 N–H and O–H groups in total. The van der Waals surface area contributed by atoms with E-state index in [-0.39, 0.29) is 12.3 Å². The molecule has 3 aromatic carbocycles. The molecule has 1 atom stereocenters. The molecule has 176 valence electrons. The van der Waals surface area contributed by atoms with Gasteiger partial charge in [0, 0.05) is 5.69 Å². The summed E-state index contributed by atoms with van der Waals surface area (Å²) in [6.45, 7) is 2.50. The van der Waals surface area contributed by atoms with Gasteiger partial charge in [-0.15, -0.1) is 0 Å².